The van der Waals surface area contributed by atoms with E-state index >= 15 is 0 Å². The molecule has 7 nitrogen and oxygen atoms in total. The summed E-state index contributed by atoms with van der Waals surface area (Å²) in [6.45, 7) is 14.3. The van der Waals surface area contributed by atoms with Gasteiger partial charge < -0.3 is 14.2 Å². The molecule has 0 radical (unpaired) electrons. The molecule has 6 heterocycles. The van der Waals surface area contributed by atoms with Crippen molar-refractivity contribution in [3.63, 3.8) is 0 Å². The van der Waals surface area contributed by atoms with E-state index in [-0.39, 0.29) is 65.4 Å². The Morgan fingerprint density at radius 3 is 1.82 bits per heavy atom. The number of ether oxygens (including phenoxy) is 3. The van der Waals surface area contributed by atoms with Crippen molar-refractivity contribution in [1.29, 1.82) is 0 Å². The Morgan fingerprint density at radius 1 is 0.705 bits per heavy atom. The van der Waals surface area contributed by atoms with Crippen molar-refractivity contribution in [2.45, 2.75) is 165 Å². The van der Waals surface area contributed by atoms with E-state index in [0.717, 1.165) is 57.8 Å². The second-order valence-electron chi connectivity index (χ2n) is 17.2. The van der Waals surface area contributed by atoms with Crippen molar-refractivity contribution in [3.05, 3.63) is 0 Å². The number of hydrogen-bond donors (Lipinski definition) is 0. The second-order valence-corrected chi connectivity index (χ2v) is 17.2. The average Bonchev–Trinajstić information content (AvgIpc) is 3.37. The maximum absolute atomic E-state index is 7.28. The van der Waals surface area contributed by atoms with Crippen LogP contribution in [0.4, 0.5) is 0 Å². The van der Waals surface area contributed by atoms with Crippen LogP contribution in [-0.4, -0.2) is 59.5 Å². The van der Waals surface area contributed by atoms with Crippen LogP contribution in [0.5, 0.6) is 0 Å². The lowest BCUT2D eigenvalue weighted by Gasteiger charge is -2.63. The Labute approximate surface area is 264 Å². The highest BCUT2D eigenvalue weighted by Gasteiger charge is 2.70. The smallest absolute Gasteiger partial charge is 0.136 e. The highest BCUT2D eigenvalue weighted by atomic mass is 17.2. The van der Waals surface area contributed by atoms with Gasteiger partial charge in [-0.25, -0.2) is 19.6 Å². The van der Waals surface area contributed by atoms with Crippen LogP contribution in [0.2, 0.25) is 0 Å². The quantitative estimate of drug-likeness (QED) is 0.250. The molecule has 10 fully saturated rings. The van der Waals surface area contributed by atoms with Gasteiger partial charge in [0.2, 0.25) is 0 Å². The van der Waals surface area contributed by atoms with E-state index in [2.05, 4.69) is 47.5 Å². The van der Waals surface area contributed by atoms with Gasteiger partial charge in [-0.1, -0.05) is 33.6 Å². The third kappa shape index (κ3) is 4.27. The van der Waals surface area contributed by atoms with Gasteiger partial charge in [0, 0.05) is 19.3 Å². The molecular weight excluding hydrogens is 556 g/mol. The van der Waals surface area contributed by atoms with Crippen LogP contribution in [0.25, 0.3) is 0 Å². The van der Waals surface area contributed by atoms with E-state index in [4.69, 9.17) is 40.2 Å². The molecule has 4 aliphatic carbocycles. The topological polar surface area (TPSA) is 64.6 Å². The molecule has 0 aromatic carbocycles. The molecule has 7 heteroatoms. The molecule has 10 rings (SSSR count). The summed E-state index contributed by atoms with van der Waals surface area (Å²) in [5.74, 6) is 6.26. The van der Waals surface area contributed by atoms with Crippen LogP contribution in [0.15, 0.2) is 0 Å². The van der Waals surface area contributed by atoms with Crippen LogP contribution in [-0.2, 0) is 33.8 Å². The Morgan fingerprint density at radius 2 is 1.25 bits per heavy atom. The van der Waals surface area contributed by atoms with Gasteiger partial charge in [0.1, 0.15) is 29.0 Å². The summed E-state index contributed by atoms with van der Waals surface area (Å²) in [6.07, 6.45) is 17.3. The minimum Gasteiger partial charge on any atom is -0.371 e. The van der Waals surface area contributed by atoms with E-state index in [1.165, 1.54) is 12.8 Å². The predicted octanol–water partition coefficient (Wildman–Crippen LogP) is 6.81. The fourth-order valence-corrected chi connectivity index (χ4v) is 12.4. The first-order valence-electron chi connectivity index (χ1n) is 18.1. The lowest BCUT2D eigenvalue weighted by molar-refractivity contribution is -0.491. The molecule has 6 aliphatic heterocycles. The fraction of sp³-hybridized carbons (Fsp3) is 0.946. The summed E-state index contributed by atoms with van der Waals surface area (Å²) in [5.41, 5.74) is -1.32. The van der Waals surface area contributed by atoms with Crippen molar-refractivity contribution in [3.8, 4) is 12.3 Å². The number of fused-ring (bicyclic) bond motifs is 4. The summed E-state index contributed by atoms with van der Waals surface area (Å²) in [6, 6.07) is 0. The van der Waals surface area contributed by atoms with Crippen molar-refractivity contribution < 1.29 is 33.8 Å². The zero-order valence-corrected chi connectivity index (χ0v) is 27.9. The highest BCUT2D eigenvalue weighted by molar-refractivity contribution is 5.16. The third-order valence-electron chi connectivity index (χ3n) is 14.8. The molecule has 0 N–H and O–H groups in total. The Hall–Kier alpha value is -0.720. The predicted molar refractivity (Wildman–Crippen MR) is 164 cm³/mol. The van der Waals surface area contributed by atoms with Crippen molar-refractivity contribution in [2.75, 3.05) is 6.61 Å². The number of hydrogen-bond acceptors (Lipinski definition) is 7. The molecule has 0 aromatic heterocycles. The van der Waals surface area contributed by atoms with E-state index in [1.807, 2.05) is 0 Å². The first-order valence-corrected chi connectivity index (χ1v) is 18.1. The lowest BCUT2D eigenvalue weighted by Crippen LogP contribution is -2.71. The summed E-state index contributed by atoms with van der Waals surface area (Å²) in [4.78, 5) is 25.6. The van der Waals surface area contributed by atoms with Gasteiger partial charge in [-0.3, -0.25) is 0 Å². The van der Waals surface area contributed by atoms with Crippen LogP contribution >= 0.6 is 0 Å². The molecule has 4 bridgehead atoms. The van der Waals surface area contributed by atoms with E-state index < -0.39 is 0 Å². The summed E-state index contributed by atoms with van der Waals surface area (Å²) >= 11 is 0. The van der Waals surface area contributed by atoms with E-state index in [9.17, 15) is 0 Å². The summed E-state index contributed by atoms with van der Waals surface area (Å²) < 4.78 is 21.1. The Bertz CT molecular complexity index is 1160. The molecular formula is C37H56O7. The zero-order valence-electron chi connectivity index (χ0n) is 27.9. The van der Waals surface area contributed by atoms with Crippen LogP contribution in [0.1, 0.15) is 112 Å². The highest BCUT2D eigenvalue weighted by Crippen LogP contribution is 2.64. The maximum atomic E-state index is 7.28. The molecule has 2 spiro atoms. The third-order valence-corrected chi connectivity index (χ3v) is 14.8. The molecule has 4 saturated carbocycles. The first-order chi connectivity index (χ1) is 21.0. The van der Waals surface area contributed by atoms with Crippen LogP contribution < -0.4 is 0 Å². The largest absolute Gasteiger partial charge is 0.371 e. The van der Waals surface area contributed by atoms with Gasteiger partial charge in [-0.2, -0.15) is 0 Å². The van der Waals surface area contributed by atoms with Crippen molar-refractivity contribution in [1.82, 2.24) is 0 Å². The van der Waals surface area contributed by atoms with Gasteiger partial charge in [-0.15, -0.1) is 6.42 Å². The van der Waals surface area contributed by atoms with E-state index in [1.54, 1.807) is 0 Å². The van der Waals surface area contributed by atoms with Gasteiger partial charge in [-0.05, 0) is 113 Å². The van der Waals surface area contributed by atoms with Crippen LogP contribution in [0, 0.1) is 59.7 Å². The lowest BCUT2D eigenvalue weighted by atomic mass is 9.55. The molecule has 1 unspecified atom stereocenters. The fourth-order valence-electron chi connectivity index (χ4n) is 12.4. The summed E-state index contributed by atoms with van der Waals surface area (Å²) in [5, 5.41) is 0. The summed E-state index contributed by atoms with van der Waals surface area (Å²) in [7, 11) is 0. The van der Waals surface area contributed by atoms with Crippen molar-refractivity contribution in [2.24, 2.45) is 47.3 Å². The Kier molecular flexibility index (Phi) is 7.40. The molecule has 0 amide bonds. The molecule has 6 saturated heterocycles. The van der Waals surface area contributed by atoms with E-state index in [0.29, 0.717) is 41.4 Å². The molecule has 17 atom stereocenters. The molecule has 0 aromatic rings. The molecule has 44 heavy (non-hydrogen) atoms. The Balaban J connectivity index is 1.10. The number of rotatable bonds is 5. The van der Waals surface area contributed by atoms with Gasteiger partial charge in [0.05, 0.1) is 30.5 Å². The SMILES string of the molecule is C#CCO[C@@H](C[C@H]1O[C@@H]2C[C@]3(C)CC[C@H]4[C@H](C)CC[C@@H]([C@H]1C)[C@@]24OO3)C1O[C@@H]2C[C@]3(C)CC[C@H]4[C@H](C)CC[C@@H]([C@H]1C)[C@@]24OO3. The molecule has 246 valence electrons. The minimum atomic E-state index is -0.374. The monoisotopic (exact) mass is 612 g/mol. The normalized spacial score (nSPS) is 58.2. The van der Waals surface area contributed by atoms with Crippen LogP contribution in [0.3, 0.4) is 0 Å². The maximum Gasteiger partial charge on any atom is 0.136 e. The first kappa shape index (κ1) is 30.6. The standard InChI is InChI=1S/C37H56O7/c1-8-17-38-30(33-24(5)28-12-10-22(3)26-14-16-35(7)20-32(40-33)37(26,28)44-42-35)18-29-23(4)27-11-9-21(2)25-13-15-34(6)19-31(39-29)36(25,27)43-41-34/h1,21-33H,9-20H2,2-7H3/t21-,22-,23-,24-,25+,26+,27+,28+,29-,30+,31-,32-,33?,34+,35+,36-,37-/m1/s1. The van der Waals surface area contributed by atoms with Gasteiger partial charge >= 0.3 is 0 Å². The zero-order chi connectivity index (χ0) is 30.6. The number of terminal acetylenes is 1. The average molecular weight is 613 g/mol. The second kappa shape index (κ2) is 10.6. The van der Waals surface area contributed by atoms with Gasteiger partial charge in [0.25, 0.3) is 0 Å². The minimum absolute atomic E-state index is 0.00344. The van der Waals surface area contributed by atoms with Crippen molar-refractivity contribution >= 4 is 0 Å². The van der Waals surface area contributed by atoms with Gasteiger partial charge in [0.15, 0.2) is 0 Å². The molecule has 10 aliphatic rings.